The van der Waals surface area contributed by atoms with Gasteiger partial charge in [0.15, 0.2) is 0 Å². The Bertz CT molecular complexity index is 1550. The summed E-state index contributed by atoms with van der Waals surface area (Å²) in [5, 5.41) is 0.422. The molecule has 192 valence electrons. The van der Waals surface area contributed by atoms with Gasteiger partial charge >= 0.3 is 6.18 Å². The van der Waals surface area contributed by atoms with Gasteiger partial charge in [-0.15, -0.1) is 0 Å². The highest BCUT2D eigenvalue weighted by Crippen LogP contribution is 2.63. The molecule has 2 aliphatic rings. The van der Waals surface area contributed by atoms with Gasteiger partial charge in [0.05, 0.1) is 16.5 Å². The van der Waals surface area contributed by atoms with Crippen molar-refractivity contribution in [2.24, 2.45) is 0 Å². The van der Waals surface area contributed by atoms with E-state index in [4.69, 9.17) is 11.6 Å². The molecule has 1 aliphatic heterocycles. The van der Waals surface area contributed by atoms with Crippen LogP contribution in [0.2, 0.25) is 5.02 Å². The zero-order valence-corrected chi connectivity index (χ0v) is 21.7. The summed E-state index contributed by atoms with van der Waals surface area (Å²) in [6.45, 7) is 2.08. The smallest absolute Gasteiger partial charge is 0.325 e. The number of hydrogen-bond donors (Lipinski definition) is 0. The molecule has 1 aromatic heterocycles. The van der Waals surface area contributed by atoms with Gasteiger partial charge < -0.3 is 4.57 Å². The molecule has 0 fully saturated rings. The molecule has 4 aromatic rings. The lowest BCUT2D eigenvalue weighted by Gasteiger charge is -2.39. The largest absolute Gasteiger partial charge is 0.418 e. The number of fused-ring (bicyclic) bond motifs is 5. The fourth-order valence-corrected chi connectivity index (χ4v) is 6.82. The lowest BCUT2D eigenvalue weighted by molar-refractivity contribution is -0.137. The normalized spacial score (nSPS) is 19.8. The van der Waals surface area contributed by atoms with Gasteiger partial charge in [-0.25, -0.2) is 0 Å². The van der Waals surface area contributed by atoms with Crippen LogP contribution >= 0.6 is 11.6 Å². The molecule has 38 heavy (non-hydrogen) atoms. The van der Waals surface area contributed by atoms with Crippen molar-refractivity contribution in [3.8, 4) is 0 Å². The molecule has 2 heterocycles. The molecule has 3 aromatic carbocycles. The molecule has 0 spiro atoms. The number of aromatic nitrogens is 1. The van der Waals surface area contributed by atoms with E-state index in [9.17, 15) is 0 Å². The van der Waals surface area contributed by atoms with Crippen LogP contribution in [0.25, 0.3) is 10.9 Å². The van der Waals surface area contributed by atoms with Crippen molar-refractivity contribution in [3.05, 3.63) is 142 Å². The summed E-state index contributed by atoms with van der Waals surface area (Å²) < 4.78 is 47.7. The first-order valence-corrected chi connectivity index (χ1v) is 13.3. The molecule has 0 radical (unpaired) electrons. The summed E-state index contributed by atoms with van der Waals surface area (Å²) in [5.74, 6) is 0. The standard InChI is InChI=1S/C33H27ClF3N/c1-2-3-20-31-21-12-6-11-17-28(31)32(23-13-7-4-8-14-23,24-15-9-5-10-16-24)38-27-19-18-25(34)22-26(27)29(30(31)38)33(35,36)37/h4-19,21-22H,2-3,20H2,1H3. The summed E-state index contributed by atoms with van der Waals surface area (Å²) in [4.78, 5) is 0. The molecule has 0 N–H and O–H groups in total. The Labute approximate surface area is 225 Å². The van der Waals surface area contributed by atoms with E-state index in [0.717, 1.165) is 29.5 Å². The van der Waals surface area contributed by atoms with Gasteiger partial charge in [0, 0.05) is 16.1 Å². The first-order valence-electron chi connectivity index (χ1n) is 13.0. The minimum Gasteiger partial charge on any atom is -0.325 e. The van der Waals surface area contributed by atoms with Crippen molar-refractivity contribution in [2.75, 3.05) is 0 Å². The third kappa shape index (κ3) is 3.39. The van der Waals surface area contributed by atoms with Crippen LogP contribution in [0.4, 0.5) is 13.2 Å². The number of benzene rings is 3. The Balaban J connectivity index is 1.91. The van der Waals surface area contributed by atoms with Crippen molar-refractivity contribution < 1.29 is 13.2 Å². The first kappa shape index (κ1) is 24.8. The van der Waals surface area contributed by atoms with Crippen LogP contribution in [0.1, 0.15) is 48.6 Å². The van der Waals surface area contributed by atoms with Crippen molar-refractivity contribution in [2.45, 2.75) is 43.3 Å². The number of allylic oxidation sites excluding steroid dienone is 6. The SMILES string of the molecule is CCCCC12C=CC=CC=C1C(c1ccccc1)(c1ccccc1)n1c2c(C(F)(F)F)c2cc(Cl)ccc21. The summed E-state index contributed by atoms with van der Waals surface area (Å²) in [6, 6.07) is 24.8. The highest BCUT2D eigenvalue weighted by molar-refractivity contribution is 6.31. The molecule has 0 amide bonds. The topological polar surface area (TPSA) is 4.93 Å². The highest BCUT2D eigenvalue weighted by atomic mass is 35.5. The van der Waals surface area contributed by atoms with Crippen LogP contribution in [0.15, 0.2) is 115 Å². The van der Waals surface area contributed by atoms with E-state index in [0.29, 0.717) is 11.9 Å². The Morgan fingerprint density at radius 1 is 0.842 bits per heavy atom. The third-order valence-electron chi connectivity index (χ3n) is 8.01. The maximum Gasteiger partial charge on any atom is 0.418 e. The van der Waals surface area contributed by atoms with Crippen LogP contribution in [0.5, 0.6) is 0 Å². The van der Waals surface area contributed by atoms with Crippen LogP contribution in [0, 0.1) is 0 Å². The minimum atomic E-state index is -4.58. The van der Waals surface area contributed by atoms with Gasteiger partial charge in [0.2, 0.25) is 0 Å². The molecule has 1 aliphatic carbocycles. The van der Waals surface area contributed by atoms with Crippen molar-refractivity contribution in [3.63, 3.8) is 0 Å². The summed E-state index contributed by atoms with van der Waals surface area (Å²) in [6.07, 6.45) is 7.44. The lowest BCUT2D eigenvalue weighted by atomic mass is 9.65. The van der Waals surface area contributed by atoms with E-state index in [2.05, 4.69) is 6.92 Å². The second-order valence-corrected chi connectivity index (χ2v) is 10.5. The van der Waals surface area contributed by atoms with E-state index >= 15 is 13.2 Å². The quantitative estimate of drug-likeness (QED) is 0.242. The summed E-state index contributed by atoms with van der Waals surface area (Å²) in [7, 11) is 0. The summed E-state index contributed by atoms with van der Waals surface area (Å²) >= 11 is 6.34. The predicted molar refractivity (Wildman–Crippen MR) is 149 cm³/mol. The van der Waals surface area contributed by atoms with E-state index in [1.165, 1.54) is 6.07 Å². The van der Waals surface area contributed by atoms with E-state index in [1.54, 1.807) is 12.1 Å². The Morgan fingerprint density at radius 2 is 1.50 bits per heavy atom. The molecular weight excluding hydrogens is 503 g/mol. The van der Waals surface area contributed by atoms with Crippen LogP contribution in [0.3, 0.4) is 0 Å². The molecule has 1 nitrogen and oxygen atoms in total. The third-order valence-corrected chi connectivity index (χ3v) is 8.25. The van der Waals surface area contributed by atoms with Crippen LogP contribution in [-0.2, 0) is 17.1 Å². The Morgan fingerprint density at radius 3 is 2.11 bits per heavy atom. The lowest BCUT2D eigenvalue weighted by Crippen LogP contribution is -2.37. The molecule has 0 saturated carbocycles. The van der Waals surface area contributed by atoms with Gasteiger partial charge in [-0.1, -0.05) is 122 Å². The minimum absolute atomic E-state index is 0.136. The van der Waals surface area contributed by atoms with Gasteiger partial charge in [-0.05, 0) is 41.3 Å². The Kier molecular flexibility index (Phi) is 5.92. The van der Waals surface area contributed by atoms with Crippen LogP contribution in [-0.4, -0.2) is 4.57 Å². The number of alkyl halides is 3. The van der Waals surface area contributed by atoms with E-state index in [-0.39, 0.29) is 16.1 Å². The van der Waals surface area contributed by atoms with Gasteiger partial charge in [0.25, 0.3) is 0 Å². The average molecular weight is 530 g/mol. The van der Waals surface area contributed by atoms with Crippen molar-refractivity contribution >= 4 is 22.5 Å². The number of hydrogen-bond acceptors (Lipinski definition) is 0. The molecular formula is C33H27ClF3N. The maximum absolute atomic E-state index is 15.2. The average Bonchev–Trinajstić information content (AvgIpc) is 3.27. The van der Waals surface area contributed by atoms with E-state index < -0.39 is 22.7 Å². The van der Waals surface area contributed by atoms with Gasteiger partial charge in [-0.3, -0.25) is 0 Å². The number of nitrogens with zero attached hydrogens (tertiary/aromatic N) is 1. The Hall–Kier alpha value is -3.50. The fraction of sp³-hybridized carbons (Fsp3) is 0.212. The fourth-order valence-electron chi connectivity index (χ4n) is 6.65. The zero-order valence-electron chi connectivity index (χ0n) is 21.0. The molecule has 1 atom stereocenters. The molecule has 1 unspecified atom stereocenters. The van der Waals surface area contributed by atoms with Crippen LogP contribution < -0.4 is 0 Å². The van der Waals surface area contributed by atoms with Gasteiger partial charge in [0.1, 0.15) is 5.54 Å². The predicted octanol–water partition coefficient (Wildman–Crippen LogP) is 9.60. The number of rotatable bonds is 5. The molecule has 5 heteroatoms. The number of unbranched alkanes of at least 4 members (excludes halogenated alkanes) is 1. The van der Waals surface area contributed by atoms with Crippen molar-refractivity contribution in [1.29, 1.82) is 0 Å². The van der Waals surface area contributed by atoms with E-state index in [1.807, 2.05) is 95.6 Å². The maximum atomic E-state index is 15.2. The van der Waals surface area contributed by atoms with Crippen molar-refractivity contribution in [1.82, 2.24) is 4.57 Å². The monoisotopic (exact) mass is 529 g/mol. The summed E-state index contributed by atoms with van der Waals surface area (Å²) in [5.41, 5.74) is 1.00. The zero-order chi connectivity index (χ0) is 26.5. The molecule has 6 rings (SSSR count). The molecule has 0 saturated heterocycles. The first-order chi connectivity index (χ1) is 18.4. The van der Waals surface area contributed by atoms with Gasteiger partial charge in [-0.2, -0.15) is 13.2 Å². The number of halogens is 4. The highest BCUT2D eigenvalue weighted by Gasteiger charge is 2.61. The molecule has 0 bridgehead atoms. The second kappa shape index (κ2) is 9.06. The second-order valence-electron chi connectivity index (χ2n) is 10.1.